The fourth-order valence-electron chi connectivity index (χ4n) is 3.07. The van der Waals surface area contributed by atoms with Crippen molar-refractivity contribution in [3.63, 3.8) is 0 Å². The third-order valence-corrected chi connectivity index (χ3v) is 4.35. The second-order valence-electron chi connectivity index (χ2n) is 5.85. The van der Waals surface area contributed by atoms with E-state index >= 15 is 0 Å². The van der Waals surface area contributed by atoms with E-state index in [1.54, 1.807) is 0 Å². The maximum Gasteiger partial charge on any atom is 0.251 e. The number of benzene rings is 1. The van der Waals surface area contributed by atoms with Gasteiger partial charge in [-0.25, -0.2) is 0 Å². The molecule has 0 aliphatic carbocycles. The van der Waals surface area contributed by atoms with Crippen molar-refractivity contribution in [2.45, 2.75) is 32.1 Å². The maximum absolute atomic E-state index is 12.3. The molecule has 1 fully saturated rings. The van der Waals surface area contributed by atoms with Crippen molar-refractivity contribution < 1.29 is 9.53 Å². The summed E-state index contributed by atoms with van der Waals surface area (Å²) < 4.78 is 5.39. The van der Waals surface area contributed by atoms with Gasteiger partial charge >= 0.3 is 0 Å². The summed E-state index contributed by atoms with van der Waals surface area (Å²) in [6, 6.07) is 6.13. The molecule has 3 rings (SSSR count). The monoisotopic (exact) mass is 289 g/mol. The molecule has 114 valence electrons. The quantitative estimate of drug-likeness (QED) is 0.863. The summed E-state index contributed by atoms with van der Waals surface area (Å²) >= 11 is 0. The van der Waals surface area contributed by atoms with Gasteiger partial charge in [0.2, 0.25) is 0 Å². The second kappa shape index (κ2) is 6.56. The van der Waals surface area contributed by atoms with Crippen molar-refractivity contribution in [2.75, 3.05) is 26.2 Å². The van der Waals surface area contributed by atoms with E-state index in [0.717, 1.165) is 43.6 Å². The molecule has 0 radical (unpaired) electrons. The number of hydrogen-bond acceptors (Lipinski definition) is 4. The first-order valence-corrected chi connectivity index (χ1v) is 7.69. The van der Waals surface area contributed by atoms with Gasteiger partial charge in [-0.3, -0.25) is 4.79 Å². The van der Waals surface area contributed by atoms with E-state index in [2.05, 4.69) is 10.2 Å². The Bertz CT molecular complexity index is 510. The minimum absolute atomic E-state index is 0.0296. The molecule has 1 aromatic carbocycles. The van der Waals surface area contributed by atoms with Gasteiger partial charge in [-0.15, -0.1) is 0 Å². The van der Waals surface area contributed by atoms with Gasteiger partial charge in [0.15, 0.2) is 0 Å². The highest BCUT2D eigenvalue weighted by atomic mass is 16.5. The first-order chi connectivity index (χ1) is 10.3. The van der Waals surface area contributed by atoms with Crippen molar-refractivity contribution in [3.8, 4) is 0 Å². The minimum Gasteiger partial charge on any atom is -0.372 e. The van der Waals surface area contributed by atoms with E-state index in [1.807, 2.05) is 18.2 Å². The molecule has 0 atom stereocenters. The van der Waals surface area contributed by atoms with Crippen LogP contribution < -0.4 is 11.1 Å². The molecule has 21 heavy (non-hydrogen) atoms. The third kappa shape index (κ3) is 3.43. The van der Waals surface area contributed by atoms with Crippen molar-refractivity contribution in [2.24, 2.45) is 5.73 Å². The zero-order chi connectivity index (χ0) is 14.7. The van der Waals surface area contributed by atoms with Gasteiger partial charge in [0.05, 0.1) is 13.2 Å². The number of amides is 1. The van der Waals surface area contributed by atoms with Crippen LogP contribution in [0, 0.1) is 0 Å². The molecule has 2 aliphatic heterocycles. The van der Waals surface area contributed by atoms with Crippen LogP contribution in [0.25, 0.3) is 0 Å². The summed E-state index contributed by atoms with van der Waals surface area (Å²) in [7, 11) is 0. The molecule has 1 saturated heterocycles. The fraction of sp³-hybridized carbons (Fsp3) is 0.562. The normalized spacial score (nSPS) is 19.5. The molecule has 1 aromatic rings. The van der Waals surface area contributed by atoms with Crippen LogP contribution >= 0.6 is 0 Å². The number of nitrogens with zero attached hydrogens (tertiary/aromatic N) is 1. The molecule has 5 heteroatoms. The summed E-state index contributed by atoms with van der Waals surface area (Å²) in [6.07, 6.45) is 2.00. The van der Waals surface area contributed by atoms with Crippen LogP contribution in [-0.2, 0) is 18.0 Å². The first-order valence-electron chi connectivity index (χ1n) is 7.69. The molecule has 2 aliphatic rings. The van der Waals surface area contributed by atoms with Gasteiger partial charge in [-0.05, 0) is 36.1 Å². The molecule has 0 bridgehead atoms. The van der Waals surface area contributed by atoms with Crippen molar-refractivity contribution in [3.05, 3.63) is 34.9 Å². The smallest absolute Gasteiger partial charge is 0.251 e. The summed E-state index contributed by atoms with van der Waals surface area (Å²) in [5, 5.41) is 3.15. The molecule has 1 amide bonds. The lowest BCUT2D eigenvalue weighted by atomic mass is 10.0. The Kier molecular flexibility index (Phi) is 4.53. The minimum atomic E-state index is 0.0296. The number of likely N-dealkylation sites (tertiary alicyclic amines) is 1. The summed E-state index contributed by atoms with van der Waals surface area (Å²) in [6.45, 7) is 4.96. The van der Waals surface area contributed by atoms with E-state index in [4.69, 9.17) is 10.5 Å². The van der Waals surface area contributed by atoms with Crippen LogP contribution in [0.5, 0.6) is 0 Å². The van der Waals surface area contributed by atoms with Crippen LogP contribution in [0.4, 0.5) is 0 Å². The molecule has 5 nitrogen and oxygen atoms in total. The summed E-state index contributed by atoms with van der Waals surface area (Å²) in [4.78, 5) is 14.7. The SMILES string of the molecule is NCCN1CCC(NC(=O)c2ccc3c(c2)COC3)CC1. The Balaban J connectivity index is 1.55. The number of fused-ring (bicyclic) bond motifs is 1. The van der Waals surface area contributed by atoms with Gasteiger partial charge in [-0.2, -0.15) is 0 Å². The third-order valence-electron chi connectivity index (χ3n) is 4.35. The number of rotatable bonds is 4. The molecule has 2 heterocycles. The average Bonchev–Trinajstić information content (AvgIpc) is 2.97. The number of ether oxygens (including phenoxy) is 1. The number of carbonyl (C=O) groups is 1. The molecule has 3 N–H and O–H groups in total. The maximum atomic E-state index is 12.3. The Hall–Kier alpha value is -1.43. The predicted octanol–water partition coefficient (Wildman–Crippen LogP) is 0.870. The van der Waals surface area contributed by atoms with Crippen molar-refractivity contribution in [1.29, 1.82) is 0 Å². The Morgan fingerprint density at radius 1 is 1.29 bits per heavy atom. The number of nitrogens with two attached hydrogens (primary N) is 1. The van der Waals surface area contributed by atoms with E-state index in [9.17, 15) is 4.79 Å². The Morgan fingerprint density at radius 2 is 2.05 bits per heavy atom. The summed E-state index contributed by atoms with van der Waals surface area (Å²) in [5.74, 6) is 0.0296. The standard InChI is InChI=1S/C16H23N3O2/c17-5-8-19-6-3-15(4-7-19)18-16(20)12-1-2-13-10-21-11-14(13)9-12/h1-2,9,15H,3-8,10-11,17H2,(H,18,20). The van der Waals surface area contributed by atoms with Crippen LogP contribution in [-0.4, -0.2) is 43.0 Å². The largest absolute Gasteiger partial charge is 0.372 e. The van der Waals surface area contributed by atoms with E-state index in [0.29, 0.717) is 19.8 Å². The molecule has 0 unspecified atom stereocenters. The van der Waals surface area contributed by atoms with Crippen LogP contribution in [0.3, 0.4) is 0 Å². The average molecular weight is 289 g/mol. The molecule has 0 spiro atoms. The van der Waals surface area contributed by atoms with Gasteiger partial charge in [0.1, 0.15) is 0 Å². The topological polar surface area (TPSA) is 67.6 Å². The van der Waals surface area contributed by atoms with E-state index in [-0.39, 0.29) is 11.9 Å². The molecule has 0 aromatic heterocycles. The van der Waals surface area contributed by atoms with Crippen molar-refractivity contribution in [1.82, 2.24) is 10.2 Å². The molecular formula is C16H23N3O2. The van der Waals surface area contributed by atoms with Gasteiger partial charge in [0, 0.05) is 37.8 Å². The van der Waals surface area contributed by atoms with Gasteiger partial charge in [0.25, 0.3) is 5.91 Å². The fourth-order valence-corrected chi connectivity index (χ4v) is 3.07. The number of carbonyl (C=O) groups excluding carboxylic acids is 1. The highest BCUT2D eigenvalue weighted by Gasteiger charge is 2.21. The highest BCUT2D eigenvalue weighted by Crippen LogP contribution is 2.21. The zero-order valence-electron chi connectivity index (χ0n) is 12.3. The van der Waals surface area contributed by atoms with Crippen LogP contribution in [0.1, 0.15) is 34.3 Å². The Labute approximate surface area is 125 Å². The number of piperidine rings is 1. The molecule has 0 saturated carbocycles. The van der Waals surface area contributed by atoms with Crippen LogP contribution in [0.15, 0.2) is 18.2 Å². The lowest BCUT2D eigenvalue weighted by molar-refractivity contribution is 0.0912. The van der Waals surface area contributed by atoms with E-state index in [1.165, 1.54) is 5.56 Å². The number of hydrogen-bond donors (Lipinski definition) is 2. The first kappa shape index (κ1) is 14.5. The lowest BCUT2D eigenvalue weighted by Crippen LogP contribution is -2.45. The van der Waals surface area contributed by atoms with Gasteiger partial charge in [-0.1, -0.05) is 6.07 Å². The van der Waals surface area contributed by atoms with Crippen LogP contribution in [0.2, 0.25) is 0 Å². The van der Waals surface area contributed by atoms with Crippen molar-refractivity contribution >= 4 is 5.91 Å². The summed E-state index contributed by atoms with van der Waals surface area (Å²) in [5.41, 5.74) is 8.65. The van der Waals surface area contributed by atoms with E-state index < -0.39 is 0 Å². The Morgan fingerprint density at radius 3 is 2.81 bits per heavy atom. The predicted molar refractivity (Wildman–Crippen MR) is 80.9 cm³/mol. The lowest BCUT2D eigenvalue weighted by Gasteiger charge is -2.32. The number of nitrogens with one attached hydrogen (secondary N) is 1. The molecular weight excluding hydrogens is 266 g/mol. The second-order valence-corrected chi connectivity index (χ2v) is 5.85. The highest BCUT2D eigenvalue weighted by molar-refractivity contribution is 5.94. The van der Waals surface area contributed by atoms with Gasteiger partial charge < -0.3 is 20.7 Å². The zero-order valence-corrected chi connectivity index (χ0v) is 12.3.